The van der Waals surface area contributed by atoms with Crippen molar-refractivity contribution in [2.24, 2.45) is 0 Å². The van der Waals surface area contributed by atoms with E-state index in [1.807, 2.05) is 0 Å². The number of fused-ring (bicyclic) bond motifs is 1. The lowest BCUT2D eigenvalue weighted by Gasteiger charge is -2.06. The number of carbonyl (C=O) groups excluding carboxylic acids is 1. The number of nitrogens with zero attached hydrogens (tertiary/aromatic N) is 1. The molecule has 0 atom stereocenters. The number of oxazole rings is 1. The predicted octanol–water partition coefficient (Wildman–Crippen LogP) is 3.09. The lowest BCUT2D eigenvalue weighted by Crippen LogP contribution is -2.11. The second-order valence-corrected chi connectivity index (χ2v) is 4.22. The first-order chi connectivity index (χ1) is 9.76. The van der Waals surface area contributed by atoms with E-state index in [9.17, 15) is 4.79 Å². The van der Waals surface area contributed by atoms with E-state index < -0.39 is 0 Å². The summed E-state index contributed by atoms with van der Waals surface area (Å²) in [6.07, 6.45) is 1.37. The average molecular weight is 268 g/mol. The zero-order chi connectivity index (χ0) is 13.9. The van der Waals surface area contributed by atoms with Crippen molar-refractivity contribution in [3.05, 3.63) is 54.4 Å². The Morgan fingerprint density at radius 3 is 2.75 bits per heavy atom. The highest BCUT2D eigenvalue weighted by Gasteiger charge is 2.07. The molecule has 0 aliphatic rings. The molecule has 1 N–H and O–H groups in total. The minimum absolute atomic E-state index is 0.185. The zero-order valence-electron chi connectivity index (χ0n) is 10.8. The highest BCUT2D eigenvalue weighted by atomic mass is 16.5. The van der Waals surface area contributed by atoms with Crippen LogP contribution in [0.2, 0.25) is 0 Å². The van der Waals surface area contributed by atoms with E-state index in [4.69, 9.17) is 9.15 Å². The summed E-state index contributed by atoms with van der Waals surface area (Å²) in [5, 5.41) is 2.82. The first kappa shape index (κ1) is 12.2. The Hall–Kier alpha value is -2.82. The summed E-state index contributed by atoms with van der Waals surface area (Å²) in [5.74, 6) is 0.529. The van der Waals surface area contributed by atoms with Gasteiger partial charge >= 0.3 is 0 Å². The van der Waals surface area contributed by atoms with Crippen LogP contribution in [-0.4, -0.2) is 18.0 Å². The van der Waals surface area contributed by atoms with Gasteiger partial charge in [0.25, 0.3) is 5.91 Å². The topological polar surface area (TPSA) is 64.4 Å². The molecule has 0 spiro atoms. The van der Waals surface area contributed by atoms with Gasteiger partial charge in [-0.05, 0) is 42.5 Å². The summed E-state index contributed by atoms with van der Waals surface area (Å²) >= 11 is 0. The highest BCUT2D eigenvalue weighted by molar-refractivity contribution is 6.04. The lowest BCUT2D eigenvalue weighted by atomic mass is 10.2. The molecule has 2 aromatic carbocycles. The number of rotatable bonds is 3. The zero-order valence-corrected chi connectivity index (χ0v) is 10.8. The van der Waals surface area contributed by atoms with Crippen molar-refractivity contribution in [2.45, 2.75) is 0 Å². The minimum Gasteiger partial charge on any atom is -0.497 e. The second kappa shape index (κ2) is 5.05. The van der Waals surface area contributed by atoms with Crippen molar-refractivity contribution in [3.8, 4) is 5.75 Å². The fourth-order valence-corrected chi connectivity index (χ4v) is 1.88. The van der Waals surface area contributed by atoms with Gasteiger partial charge in [0.05, 0.1) is 7.11 Å². The normalized spacial score (nSPS) is 10.4. The molecule has 5 nitrogen and oxygen atoms in total. The van der Waals surface area contributed by atoms with Crippen LogP contribution in [0.1, 0.15) is 10.4 Å². The summed E-state index contributed by atoms with van der Waals surface area (Å²) < 4.78 is 10.2. The number of hydrogen-bond acceptors (Lipinski definition) is 4. The van der Waals surface area contributed by atoms with E-state index in [0.29, 0.717) is 28.1 Å². The molecule has 0 aliphatic heterocycles. The Kier molecular flexibility index (Phi) is 3.09. The molecule has 3 aromatic rings. The summed E-state index contributed by atoms with van der Waals surface area (Å²) in [7, 11) is 1.59. The molecule has 0 fully saturated rings. The maximum Gasteiger partial charge on any atom is 0.255 e. The van der Waals surface area contributed by atoms with Gasteiger partial charge in [-0.2, -0.15) is 0 Å². The van der Waals surface area contributed by atoms with E-state index in [1.165, 1.54) is 6.39 Å². The summed E-state index contributed by atoms with van der Waals surface area (Å²) in [6.45, 7) is 0. The van der Waals surface area contributed by atoms with Gasteiger partial charge in [0.15, 0.2) is 12.0 Å². The van der Waals surface area contributed by atoms with Gasteiger partial charge < -0.3 is 14.5 Å². The van der Waals surface area contributed by atoms with Gasteiger partial charge in [-0.15, -0.1) is 0 Å². The molecule has 100 valence electrons. The smallest absolute Gasteiger partial charge is 0.255 e. The molecule has 0 unspecified atom stereocenters. The average Bonchev–Trinajstić information content (AvgIpc) is 2.95. The monoisotopic (exact) mass is 268 g/mol. The van der Waals surface area contributed by atoms with Crippen LogP contribution in [0.25, 0.3) is 11.1 Å². The molecule has 3 rings (SSSR count). The Balaban J connectivity index is 1.80. The van der Waals surface area contributed by atoms with Crippen molar-refractivity contribution in [1.82, 2.24) is 4.98 Å². The number of ether oxygens (including phenoxy) is 1. The van der Waals surface area contributed by atoms with Gasteiger partial charge in [-0.25, -0.2) is 4.98 Å². The first-order valence-corrected chi connectivity index (χ1v) is 6.05. The summed E-state index contributed by atoms with van der Waals surface area (Å²) in [4.78, 5) is 16.1. The van der Waals surface area contributed by atoms with Gasteiger partial charge in [0.2, 0.25) is 0 Å². The van der Waals surface area contributed by atoms with Crippen molar-refractivity contribution in [3.63, 3.8) is 0 Å². The van der Waals surface area contributed by atoms with Crippen molar-refractivity contribution in [1.29, 1.82) is 0 Å². The van der Waals surface area contributed by atoms with Crippen LogP contribution in [-0.2, 0) is 0 Å². The van der Waals surface area contributed by atoms with Gasteiger partial charge in [-0.3, -0.25) is 4.79 Å². The molecule has 1 amide bonds. The molecular formula is C15H12N2O3. The highest BCUT2D eigenvalue weighted by Crippen LogP contribution is 2.19. The van der Waals surface area contributed by atoms with Gasteiger partial charge in [0.1, 0.15) is 11.3 Å². The van der Waals surface area contributed by atoms with Crippen molar-refractivity contribution in [2.75, 3.05) is 12.4 Å². The van der Waals surface area contributed by atoms with E-state index in [2.05, 4.69) is 10.3 Å². The number of nitrogens with one attached hydrogen (secondary N) is 1. The fraction of sp³-hybridized carbons (Fsp3) is 0.0667. The van der Waals surface area contributed by atoms with Crippen LogP contribution in [0.15, 0.2) is 53.3 Å². The molecule has 1 aromatic heterocycles. The molecule has 20 heavy (non-hydrogen) atoms. The molecule has 0 aliphatic carbocycles. The molecular weight excluding hydrogens is 256 g/mol. The summed E-state index contributed by atoms with van der Waals surface area (Å²) in [5.41, 5.74) is 2.63. The van der Waals surface area contributed by atoms with E-state index in [1.54, 1.807) is 49.6 Å². The number of benzene rings is 2. The third-order valence-electron chi connectivity index (χ3n) is 2.94. The van der Waals surface area contributed by atoms with E-state index >= 15 is 0 Å². The minimum atomic E-state index is -0.185. The van der Waals surface area contributed by atoms with Gasteiger partial charge in [0, 0.05) is 11.3 Å². The molecule has 0 radical (unpaired) electrons. The number of hydrogen-bond donors (Lipinski definition) is 1. The largest absolute Gasteiger partial charge is 0.497 e. The van der Waals surface area contributed by atoms with Crippen LogP contribution >= 0.6 is 0 Å². The van der Waals surface area contributed by atoms with E-state index in [-0.39, 0.29) is 5.91 Å². The molecule has 5 heteroatoms. The molecule has 0 bridgehead atoms. The maximum atomic E-state index is 12.1. The summed E-state index contributed by atoms with van der Waals surface area (Å²) in [6, 6.07) is 12.2. The van der Waals surface area contributed by atoms with Crippen molar-refractivity contribution < 1.29 is 13.9 Å². The third-order valence-corrected chi connectivity index (χ3v) is 2.94. The standard InChI is InChI=1S/C15H12N2O3/c1-19-12-5-2-10(3-6-12)15(18)17-11-4-7-14-13(8-11)16-9-20-14/h2-9H,1H3,(H,17,18). The Morgan fingerprint density at radius 2 is 2.00 bits per heavy atom. The maximum absolute atomic E-state index is 12.1. The van der Waals surface area contributed by atoms with Crippen LogP contribution in [0.4, 0.5) is 5.69 Å². The quantitative estimate of drug-likeness (QED) is 0.792. The van der Waals surface area contributed by atoms with Crippen LogP contribution in [0.3, 0.4) is 0 Å². The van der Waals surface area contributed by atoms with Crippen LogP contribution in [0, 0.1) is 0 Å². The van der Waals surface area contributed by atoms with Crippen LogP contribution < -0.4 is 10.1 Å². The SMILES string of the molecule is COc1ccc(C(=O)Nc2ccc3ocnc3c2)cc1. The Morgan fingerprint density at radius 1 is 1.20 bits per heavy atom. The van der Waals surface area contributed by atoms with Crippen molar-refractivity contribution >= 4 is 22.7 Å². The Labute approximate surface area is 115 Å². The predicted molar refractivity (Wildman–Crippen MR) is 75.0 cm³/mol. The number of anilines is 1. The fourth-order valence-electron chi connectivity index (χ4n) is 1.88. The first-order valence-electron chi connectivity index (χ1n) is 6.05. The number of amides is 1. The lowest BCUT2D eigenvalue weighted by molar-refractivity contribution is 0.102. The number of methoxy groups -OCH3 is 1. The molecule has 0 saturated carbocycles. The number of carbonyl (C=O) groups is 1. The van der Waals surface area contributed by atoms with Gasteiger partial charge in [-0.1, -0.05) is 0 Å². The third kappa shape index (κ3) is 2.33. The Bertz CT molecular complexity index is 747. The second-order valence-electron chi connectivity index (χ2n) is 4.22. The molecule has 0 saturated heterocycles. The number of aromatic nitrogens is 1. The van der Waals surface area contributed by atoms with E-state index in [0.717, 1.165) is 0 Å². The van der Waals surface area contributed by atoms with Crippen LogP contribution in [0.5, 0.6) is 5.75 Å². The molecule has 1 heterocycles.